The summed E-state index contributed by atoms with van der Waals surface area (Å²) in [5.74, 6) is 0. The molecular weight excluding hydrogens is 206 g/mol. The lowest BCUT2D eigenvalue weighted by molar-refractivity contribution is 0.693. The maximum absolute atomic E-state index is 3.55. The van der Waals surface area contributed by atoms with Crippen LogP contribution in [0.5, 0.6) is 0 Å². The van der Waals surface area contributed by atoms with Crippen LogP contribution < -0.4 is 5.32 Å². The molecule has 1 atom stereocenters. The second-order valence-corrected chi connectivity index (χ2v) is 4.42. The molecule has 0 fully saturated rings. The summed E-state index contributed by atoms with van der Waals surface area (Å²) in [6, 6.07) is 19.4. The van der Waals surface area contributed by atoms with Crippen molar-refractivity contribution in [2.75, 3.05) is 0 Å². The van der Waals surface area contributed by atoms with Gasteiger partial charge in [0, 0.05) is 11.7 Å². The maximum atomic E-state index is 3.55. The van der Waals surface area contributed by atoms with Crippen LogP contribution >= 0.6 is 0 Å². The lowest BCUT2D eigenvalue weighted by Gasteiger charge is -2.25. The van der Waals surface area contributed by atoms with Crippen molar-refractivity contribution < 1.29 is 0 Å². The van der Waals surface area contributed by atoms with Gasteiger partial charge in [0.15, 0.2) is 0 Å². The Morgan fingerprint density at radius 2 is 1.59 bits per heavy atom. The number of nitrogens with one attached hydrogen (secondary N) is 1. The third-order valence-corrected chi connectivity index (χ3v) is 3.22. The van der Waals surface area contributed by atoms with Crippen molar-refractivity contribution in [3.8, 4) is 0 Å². The van der Waals surface area contributed by atoms with E-state index >= 15 is 0 Å². The fourth-order valence-corrected chi connectivity index (χ4v) is 2.33. The minimum absolute atomic E-state index is 0.367. The zero-order chi connectivity index (χ0) is 11.7. The Bertz CT molecular complexity index is 555. The first-order valence-corrected chi connectivity index (χ1v) is 5.97. The average Bonchev–Trinajstić information content (AvgIpc) is 2.40. The summed E-state index contributed by atoms with van der Waals surface area (Å²) >= 11 is 0. The van der Waals surface area contributed by atoms with Crippen LogP contribution in [0.1, 0.15) is 29.7 Å². The standard InChI is InChI=1S/C16H15N/c1-12-15-10-6-5-9-14(15)11-16(17-12)13-7-3-2-4-8-13/h2-12,17H,1H3. The van der Waals surface area contributed by atoms with Crippen LogP contribution in [0.15, 0.2) is 54.6 Å². The van der Waals surface area contributed by atoms with Crippen LogP contribution in [0.25, 0.3) is 11.8 Å². The highest BCUT2D eigenvalue weighted by Gasteiger charge is 2.16. The maximum Gasteiger partial charge on any atom is 0.0491 e. The fourth-order valence-electron chi connectivity index (χ4n) is 2.33. The normalized spacial score (nSPS) is 17.9. The average molecular weight is 221 g/mol. The molecule has 17 heavy (non-hydrogen) atoms. The van der Waals surface area contributed by atoms with Gasteiger partial charge in [0.1, 0.15) is 0 Å². The van der Waals surface area contributed by atoms with E-state index < -0.39 is 0 Å². The van der Waals surface area contributed by atoms with E-state index in [0.717, 1.165) is 0 Å². The topological polar surface area (TPSA) is 12.0 Å². The first-order chi connectivity index (χ1) is 8.34. The molecule has 1 unspecified atom stereocenters. The highest BCUT2D eigenvalue weighted by molar-refractivity contribution is 5.83. The molecule has 2 aromatic carbocycles. The lowest BCUT2D eigenvalue weighted by Crippen LogP contribution is -2.21. The summed E-state index contributed by atoms with van der Waals surface area (Å²) in [4.78, 5) is 0. The SMILES string of the molecule is CC1NC(c2ccccc2)=Cc2ccccc21. The zero-order valence-electron chi connectivity index (χ0n) is 9.85. The van der Waals surface area contributed by atoms with E-state index in [4.69, 9.17) is 0 Å². The van der Waals surface area contributed by atoms with Gasteiger partial charge in [0.05, 0.1) is 0 Å². The fraction of sp³-hybridized carbons (Fsp3) is 0.125. The van der Waals surface area contributed by atoms with Gasteiger partial charge in [0.25, 0.3) is 0 Å². The molecule has 1 heteroatoms. The molecule has 0 saturated carbocycles. The Kier molecular flexibility index (Phi) is 2.45. The largest absolute Gasteiger partial charge is 0.378 e. The Morgan fingerprint density at radius 3 is 2.41 bits per heavy atom. The van der Waals surface area contributed by atoms with Gasteiger partial charge in [-0.25, -0.2) is 0 Å². The van der Waals surface area contributed by atoms with E-state index in [-0.39, 0.29) is 0 Å². The zero-order valence-corrected chi connectivity index (χ0v) is 9.85. The summed E-state index contributed by atoms with van der Waals surface area (Å²) in [6.07, 6.45) is 2.23. The third kappa shape index (κ3) is 1.84. The summed E-state index contributed by atoms with van der Waals surface area (Å²) in [5, 5.41) is 3.55. The van der Waals surface area contributed by atoms with Gasteiger partial charge >= 0.3 is 0 Å². The molecule has 1 nitrogen and oxygen atoms in total. The van der Waals surface area contributed by atoms with Gasteiger partial charge in [-0.3, -0.25) is 0 Å². The lowest BCUT2D eigenvalue weighted by atomic mass is 9.95. The van der Waals surface area contributed by atoms with Gasteiger partial charge in [0.2, 0.25) is 0 Å². The van der Waals surface area contributed by atoms with Crippen LogP contribution in [0, 0.1) is 0 Å². The third-order valence-electron chi connectivity index (χ3n) is 3.22. The van der Waals surface area contributed by atoms with Crippen molar-refractivity contribution in [1.29, 1.82) is 0 Å². The predicted molar refractivity (Wildman–Crippen MR) is 72.3 cm³/mol. The first kappa shape index (κ1) is 10.2. The number of benzene rings is 2. The number of hydrogen-bond acceptors (Lipinski definition) is 1. The summed E-state index contributed by atoms with van der Waals surface area (Å²) in [5.41, 5.74) is 5.13. The molecular formula is C16H15N. The van der Waals surface area contributed by atoms with Crippen LogP contribution in [-0.2, 0) is 0 Å². The van der Waals surface area contributed by atoms with Crippen LogP contribution in [-0.4, -0.2) is 0 Å². The van der Waals surface area contributed by atoms with Gasteiger partial charge in [-0.1, -0.05) is 54.6 Å². The molecule has 0 radical (unpaired) electrons. The Balaban J connectivity index is 2.08. The van der Waals surface area contributed by atoms with Crippen LogP contribution in [0.2, 0.25) is 0 Å². The van der Waals surface area contributed by atoms with E-state index in [9.17, 15) is 0 Å². The molecule has 0 amide bonds. The van der Waals surface area contributed by atoms with Crippen molar-refractivity contribution in [3.05, 3.63) is 71.3 Å². The van der Waals surface area contributed by atoms with Gasteiger partial charge < -0.3 is 5.32 Å². The van der Waals surface area contributed by atoms with Gasteiger partial charge in [-0.15, -0.1) is 0 Å². The monoisotopic (exact) mass is 221 g/mol. The minimum Gasteiger partial charge on any atom is -0.378 e. The molecule has 0 aliphatic carbocycles. The minimum atomic E-state index is 0.367. The van der Waals surface area contributed by atoms with Crippen LogP contribution in [0.3, 0.4) is 0 Å². The van der Waals surface area contributed by atoms with E-state index in [1.54, 1.807) is 0 Å². The molecule has 0 aromatic heterocycles. The second-order valence-electron chi connectivity index (χ2n) is 4.42. The van der Waals surface area contributed by atoms with E-state index in [0.29, 0.717) is 6.04 Å². The van der Waals surface area contributed by atoms with Crippen molar-refractivity contribution in [3.63, 3.8) is 0 Å². The Hall–Kier alpha value is -2.02. The second kappa shape index (κ2) is 4.10. The molecule has 0 spiro atoms. The smallest absolute Gasteiger partial charge is 0.0491 e. The van der Waals surface area contributed by atoms with E-state index in [1.807, 2.05) is 6.07 Å². The van der Waals surface area contributed by atoms with Crippen LogP contribution in [0.4, 0.5) is 0 Å². The highest BCUT2D eigenvalue weighted by atomic mass is 14.9. The molecule has 1 aliphatic rings. The molecule has 84 valence electrons. The predicted octanol–water partition coefficient (Wildman–Crippen LogP) is 3.85. The molecule has 3 rings (SSSR count). The summed E-state index contributed by atoms with van der Waals surface area (Å²) in [6.45, 7) is 2.20. The Morgan fingerprint density at radius 1 is 0.882 bits per heavy atom. The van der Waals surface area contributed by atoms with Crippen molar-refractivity contribution in [1.82, 2.24) is 5.32 Å². The number of rotatable bonds is 1. The summed E-state index contributed by atoms with van der Waals surface area (Å²) in [7, 11) is 0. The van der Waals surface area contributed by atoms with Gasteiger partial charge in [-0.05, 0) is 29.7 Å². The molecule has 1 aliphatic heterocycles. The van der Waals surface area contributed by atoms with E-state index in [1.165, 1.54) is 22.4 Å². The van der Waals surface area contributed by atoms with Gasteiger partial charge in [-0.2, -0.15) is 0 Å². The number of hydrogen-bond donors (Lipinski definition) is 1. The van der Waals surface area contributed by atoms with Crippen molar-refractivity contribution in [2.45, 2.75) is 13.0 Å². The molecule has 0 saturated heterocycles. The Labute approximate surface area is 102 Å². The van der Waals surface area contributed by atoms with Crippen molar-refractivity contribution >= 4 is 11.8 Å². The van der Waals surface area contributed by atoms with Crippen molar-refractivity contribution in [2.24, 2.45) is 0 Å². The summed E-state index contributed by atoms with van der Waals surface area (Å²) < 4.78 is 0. The number of fused-ring (bicyclic) bond motifs is 1. The molecule has 2 aromatic rings. The highest BCUT2D eigenvalue weighted by Crippen LogP contribution is 2.29. The molecule has 1 heterocycles. The first-order valence-electron chi connectivity index (χ1n) is 5.97. The quantitative estimate of drug-likeness (QED) is 0.771. The molecule has 0 bridgehead atoms. The van der Waals surface area contributed by atoms with E-state index in [2.05, 4.69) is 66.8 Å². The molecule has 1 N–H and O–H groups in total.